The molecule has 0 bridgehead atoms. The summed E-state index contributed by atoms with van der Waals surface area (Å²) in [7, 11) is 3.90. The molecule has 0 fully saturated rings. The van der Waals surface area contributed by atoms with Gasteiger partial charge in [0.1, 0.15) is 0 Å². The van der Waals surface area contributed by atoms with Crippen molar-refractivity contribution in [3.63, 3.8) is 0 Å². The highest BCUT2D eigenvalue weighted by atomic mass is 16.1. The molecule has 0 aliphatic carbocycles. The van der Waals surface area contributed by atoms with Gasteiger partial charge in [0.05, 0.1) is 0 Å². The number of allylic oxidation sites excluding steroid dienone is 1. The summed E-state index contributed by atoms with van der Waals surface area (Å²) in [4.78, 5) is 18.1. The lowest BCUT2D eigenvalue weighted by molar-refractivity contribution is 0.453. The molecule has 0 unspecified atom stereocenters. The average Bonchev–Trinajstić information content (AvgIpc) is 2.59. The number of hydrogen-bond acceptors (Lipinski definition) is 2. The van der Waals surface area contributed by atoms with Crippen LogP contribution in [-0.2, 0) is 6.54 Å². The molecular weight excluding hydrogens is 300 g/mol. The van der Waals surface area contributed by atoms with Gasteiger partial charge in [-0.25, -0.2) is 0 Å². The highest BCUT2D eigenvalue weighted by Crippen LogP contribution is 2.01. The van der Waals surface area contributed by atoms with Crippen LogP contribution in [0.2, 0.25) is 0 Å². The maximum Gasteiger partial charge on any atom is 0.250 e. The van der Waals surface area contributed by atoms with E-state index in [0.717, 1.165) is 44.9 Å². The van der Waals surface area contributed by atoms with E-state index < -0.39 is 0 Å². The molecule has 0 aliphatic rings. The van der Waals surface area contributed by atoms with Gasteiger partial charge < -0.3 is 14.8 Å². The van der Waals surface area contributed by atoms with Crippen LogP contribution in [0.5, 0.6) is 0 Å². The molecule has 1 heterocycles. The van der Waals surface area contributed by atoms with Crippen LogP contribution in [0.3, 0.4) is 0 Å². The Labute approximate surface area is 146 Å². The molecule has 0 amide bonds. The monoisotopic (exact) mass is 332 g/mol. The Morgan fingerprint density at radius 1 is 1.29 bits per heavy atom. The zero-order valence-corrected chi connectivity index (χ0v) is 15.2. The number of rotatable bonds is 11. The van der Waals surface area contributed by atoms with E-state index in [0.29, 0.717) is 0 Å². The SMILES string of the molecule is C=CCCCCCN(C)C(=NC)NCCCCn1ccccc1=O. The van der Waals surface area contributed by atoms with E-state index >= 15 is 0 Å². The zero-order chi connectivity index (χ0) is 17.6. The molecule has 0 aromatic carbocycles. The number of aromatic nitrogens is 1. The number of nitrogens with zero attached hydrogens (tertiary/aromatic N) is 3. The Balaban J connectivity index is 2.18. The van der Waals surface area contributed by atoms with Crippen molar-refractivity contribution in [2.75, 3.05) is 27.2 Å². The topological polar surface area (TPSA) is 49.6 Å². The van der Waals surface area contributed by atoms with Crippen molar-refractivity contribution in [2.45, 2.75) is 45.1 Å². The van der Waals surface area contributed by atoms with Crippen LogP contribution >= 0.6 is 0 Å². The molecule has 0 aliphatic heterocycles. The molecule has 1 N–H and O–H groups in total. The molecule has 5 heteroatoms. The summed E-state index contributed by atoms with van der Waals surface area (Å²) in [5.41, 5.74) is 0.0671. The predicted molar refractivity (Wildman–Crippen MR) is 103 cm³/mol. The van der Waals surface area contributed by atoms with E-state index in [4.69, 9.17) is 0 Å². The van der Waals surface area contributed by atoms with Gasteiger partial charge in [-0.1, -0.05) is 18.6 Å². The standard InChI is InChI=1S/C19H32N4O/c1-4-5-6-7-10-15-22(3)19(20-2)21-14-9-12-17-23-16-11-8-13-18(23)24/h4,8,11,13,16H,1,5-7,9-10,12,14-15,17H2,2-3H3,(H,20,21). The van der Waals surface area contributed by atoms with Crippen molar-refractivity contribution in [3.05, 3.63) is 47.4 Å². The summed E-state index contributed by atoms with van der Waals surface area (Å²) in [6.45, 7) is 6.39. The van der Waals surface area contributed by atoms with Gasteiger partial charge in [-0.2, -0.15) is 0 Å². The van der Waals surface area contributed by atoms with Crippen molar-refractivity contribution in [3.8, 4) is 0 Å². The fourth-order valence-electron chi connectivity index (χ4n) is 2.56. The van der Waals surface area contributed by atoms with Crippen LogP contribution < -0.4 is 10.9 Å². The lowest BCUT2D eigenvalue weighted by atomic mass is 10.2. The van der Waals surface area contributed by atoms with Crippen LogP contribution in [0.25, 0.3) is 0 Å². The second-order valence-corrected chi connectivity index (χ2v) is 5.97. The van der Waals surface area contributed by atoms with E-state index in [1.165, 1.54) is 19.3 Å². The van der Waals surface area contributed by atoms with Gasteiger partial charge in [0.2, 0.25) is 5.56 Å². The quantitative estimate of drug-likeness (QED) is 0.293. The first-order valence-electron chi connectivity index (χ1n) is 8.87. The molecule has 24 heavy (non-hydrogen) atoms. The van der Waals surface area contributed by atoms with Crippen LogP contribution in [0.1, 0.15) is 38.5 Å². The van der Waals surface area contributed by atoms with E-state index in [-0.39, 0.29) is 5.56 Å². The lowest BCUT2D eigenvalue weighted by Gasteiger charge is -2.22. The number of aliphatic imine (C=N–C) groups is 1. The normalized spacial score (nSPS) is 11.3. The molecular formula is C19H32N4O. The smallest absolute Gasteiger partial charge is 0.250 e. The van der Waals surface area contributed by atoms with Gasteiger partial charge in [0.25, 0.3) is 0 Å². The van der Waals surface area contributed by atoms with Crippen molar-refractivity contribution >= 4 is 5.96 Å². The fourth-order valence-corrected chi connectivity index (χ4v) is 2.56. The van der Waals surface area contributed by atoms with Crippen LogP contribution in [-0.4, -0.2) is 42.6 Å². The van der Waals surface area contributed by atoms with Gasteiger partial charge >= 0.3 is 0 Å². The summed E-state index contributed by atoms with van der Waals surface area (Å²) in [6, 6.07) is 5.27. The van der Waals surface area contributed by atoms with Gasteiger partial charge in [-0.3, -0.25) is 9.79 Å². The molecule has 0 spiro atoms. The van der Waals surface area contributed by atoms with Crippen molar-refractivity contribution in [1.82, 2.24) is 14.8 Å². The number of hydrogen-bond donors (Lipinski definition) is 1. The van der Waals surface area contributed by atoms with Crippen LogP contribution in [0.4, 0.5) is 0 Å². The minimum absolute atomic E-state index is 0.0671. The summed E-state index contributed by atoms with van der Waals surface area (Å²) >= 11 is 0. The molecule has 0 saturated carbocycles. The third kappa shape index (κ3) is 7.99. The first-order valence-corrected chi connectivity index (χ1v) is 8.87. The minimum Gasteiger partial charge on any atom is -0.356 e. The molecule has 1 rings (SSSR count). The molecule has 0 saturated heterocycles. The minimum atomic E-state index is 0.0671. The van der Waals surface area contributed by atoms with Crippen LogP contribution in [0, 0.1) is 0 Å². The second-order valence-electron chi connectivity index (χ2n) is 5.97. The third-order valence-corrected chi connectivity index (χ3v) is 3.98. The molecule has 1 aromatic rings. The average molecular weight is 332 g/mol. The summed E-state index contributed by atoms with van der Waals surface area (Å²) < 4.78 is 1.75. The predicted octanol–water partition coefficient (Wildman–Crippen LogP) is 2.88. The van der Waals surface area contributed by atoms with Gasteiger partial charge in [-0.15, -0.1) is 6.58 Å². The molecule has 0 radical (unpaired) electrons. The Kier molecular flexibility index (Phi) is 10.3. The number of guanidine groups is 1. The van der Waals surface area contributed by atoms with E-state index in [9.17, 15) is 4.79 Å². The van der Waals surface area contributed by atoms with E-state index in [2.05, 4.69) is 28.8 Å². The fraction of sp³-hybridized carbons (Fsp3) is 0.579. The maximum absolute atomic E-state index is 11.6. The molecule has 134 valence electrons. The number of aryl methyl sites for hydroxylation is 1. The second kappa shape index (κ2) is 12.4. The van der Waals surface area contributed by atoms with Crippen molar-refractivity contribution < 1.29 is 0 Å². The summed E-state index contributed by atoms with van der Waals surface area (Å²) in [5.74, 6) is 0.940. The lowest BCUT2D eigenvalue weighted by Crippen LogP contribution is -2.39. The first-order chi connectivity index (χ1) is 11.7. The summed E-state index contributed by atoms with van der Waals surface area (Å²) in [6.07, 6.45) is 10.5. The Hall–Kier alpha value is -2.04. The zero-order valence-electron chi connectivity index (χ0n) is 15.2. The first kappa shape index (κ1) is 20.0. The van der Waals surface area contributed by atoms with Gasteiger partial charge in [0.15, 0.2) is 5.96 Å². The summed E-state index contributed by atoms with van der Waals surface area (Å²) in [5, 5.41) is 3.39. The Bertz CT molecular complexity index is 550. The molecule has 1 aromatic heterocycles. The van der Waals surface area contributed by atoms with E-state index in [1.54, 1.807) is 16.7 Å². The Morgan fingerprint density at radius 2 is 2.12 bits per heavy atom. The maximum atomic E-state index is 11.6. The van der Waals surface area contributed by atoms with Gasteiger partial charge in [0, 0.05) is 46.0 Å². The largest absolute Gasteiger partial charge is 0.356 e. The molecule has 0 atom stereocenters. The van der Waals surface area contributed by atoms with Crippen molar-refractivity contribution in [1.29, 1.82) is 0 Å². The van der Waals surface area contributed by atoms with Crippen molar-refractivity contribution in [2.24, 2.45) is 4.99 Å². The van der Waals surface area contributed by atoms with Gasteiger partial charge in [-0.05, 0) is 38.2 Å². The van der Waals surface area contributed by atoms with E-state index in [1.807, 2.05) is 25.4 Å². The number of pyridine rings is 1. The molecule has 5 nitrogen and oxygen atoms in total. The number of unbranched alkanes of at least 4 members (excludes halogenated alkanes) is 4. The Morgan fingerprint density at radius 3 is 2.83 bits per heavy atom. The number of nitrogens with one attached hydrogen (secondary N) is 1. The highest BCUT2D eigenvalue weighted by molar-refractivity contribution is 5.79. The van der Waals surface area contributed by atoms with Crippen LogP contribution in [0.15, 0.2) is 46.8 Å². The highest BCUT2D eigenvalue weighted by Gasteiger charge is 2.04. The third-order valence-electron chi connectivity index (χ3n) is 3.98.